The third kappa shape index (κ3) is 3.16. The minimum atomic E-state index is -2.83. The molecule has 0 spiro atoms. The van der Waals surface area contributed by atoms with E-state index in [2.05, 4.69) is 0 Å². The summed E-state index contributed by atoms with van der Waals surface area (Å²) in [6.45, 7) is 4.17. The van der Waals surface area contributed by atoms with Crippen LogP contribution < -0.4 is 0 Å². The van der Waals surface area contributed by atoms with Gasteiger partial charge in [0, 0.05) is 12.1 Å². The highest BCUT2D eigenvalue weighted by molar-refractivity contribution is 7.91. The van der Waals surface area contributed by atoms with Crippen LogP contribution in [0.25, 0.3) is 0 Å². The molecule has 0 aliphatic carbocycles. The largest absolute Gasteiger partial charge is 0.395 e. The minimum Gasteiger partial charge on any atom is -0.395 e. The number of likely N-dealkylation sites (N-methyl/N-ethyl adjacent to an activating group) is 1. The zero-order valence-electron chi connectivity index (χ0n) is 9.68. The number of aliphatic hydroxyl groups is 1. The Labute approximate surface area is 92.2 Å². The molecule has 1 N–H and O–H groups in total. The quantitative estimate of drug-likeness (QED) is 0.752. The van der Waals surface area contributed by atoms with Gasteiger partial charge in [-0.15, -0.1) is 0 Å². The van der Waals surface area contributed by atoms with Crippen molar-refractivity contribution in [2.75, 3.05) is 25.2 Å². The van der Waals surface area contributed by atoms with Crippen LogP contribution in [-0.4, -0.2) is 55.7 Å². The van der Waals surface area contributed by atoms with Gasteiger partial charge < -0.3 is 5.11 Å². The second kappa shape index (κ2) is 4.80. The van der Waals surface area contributed by atoms with Gasteiger partial charge in [0.2, 0.25) is 0 Å². The Morgan fingerprint density at radius 1 is 1.47 bits per heavy atom. The zero-order valence-corrected chi connectivity index (χ0v) is 10.5. The molecular formula is C10H21NO3S. The predicted octanol–water partition coefficient (Wildman–Crippen LogP) is 0.122. The first kappa shape index (κ1) is 12.9. The second-order valence-electron chi connectivity index (χ2n) is 4.72. The van der Waals surface area contributed by atoms with E-state index >= 15 is 0 Å². The number of hydrogen-bond acceptors (Lipinski definition) is 4. The minimum absolute atomic E-state index is 0.0586. The van der Waals surface area contributed by atoms with Crippen molar-refractivity contribution in [1.82, 2.24) is 4.90 Å². The molecule has 0 aromatic heterocycles. The zero-order chi connectivity index (χ0) is 11.6. The van der Waals surface area contributed by atoms with E-state index in [1.807, 2.05) is 25.8 Å². The number of sulfone groups is 1. The van der Waals surface area contributed by atoms with E-state index in [9.17, 15) is 13.5 Å². The first-order valence-corrected chi connectivity index (χ1v) is 7.22. The van der Waals surface area contributed by atoms with Crippen molar-refractivity contribution in [3.63, 3.8) is 0 Å². The SMILES string of the molecule is CC(C)C(CO)N(C)C1CCS(=O)(=O)C1. The Bertz CT molecular complexity index is 300. The Morgan fingerprint density at radius 3 is 2.40 bits per heavy atom. The van der Waals surface area contributed by atoms with E-state index in [4.69, 9.17) is 0 Å². The number of aliphatic hydroxyl groups excluding tert-OH is 1. The molecule has 0 aromatic carbocycles. The van der Waals surface area contributed by atoms with Gasteiger partial charge in [-0.05, 0) is 19.4 Å². The molecule has 1 aliphatic heterocycles. The standard InChI is InChI=1S/C10H21NO3S/c1-8(2)10(6-12)11(3)9-4-5-15(13,14)7-9/h8-10,12H,4-7H2,1-3H3. The fourth-order valence-corrected chi connectivity index (χ4v) is 3.96. The van der Waals surface area contributed by atoms with Gasteiger partial charge in [0.25, 0.3) is 0 Å². The molecule has 2 atom stereocenters. The van der Waals surface area contributed by atoms with Gasteiger partial charge in [-0.1, -0.05) is 13.8 Å². The highest BCUT2D eigenvalue weighted by atomic mass is 32.2. The van der Waals surface area contributed by atoms with Gasteiger partial charge in [-0.25, -0.2) is 8.42 Å². The summed E-state index contributed by atoms with van der Waals surface area (Å²) in [6, 6.07) is 0.137. The molecule has 1 rings (SSSR count). The highest BCUT2D eigenvalue weighted by Crippen LogP contribution is 2.21. The van der Waals surface area contributed by atoms with Crippen molar-refractivity contribution in [1.29, 1.82) is 0 Å². The number of hydrogen-bond donors (Lipinski definition) is 1. The smallest absolute Gasteiger partial charge is 0.151 e. The molecule has 0 saturated carbocycles. The monoisotopic (exact) mass is 235 g/mol. The Balaban J connectivity index is 2.65. The molecule has 0 aromatic rings. The second-order valence-corrected chi connectivity index (χ2v) is 6.94. The Hall–Kier alpha value is -0.130. The van der Waals surface area contributed by atoms with Crippen molar-refractivity contribution in [2.24, 2.45) is 5.92 Å². The molecule has 4 nitrogen and oxygen atoms in total. The summed E-state index contributed by atoms with van der Waals surface area (Å²) in [7, 11) is -0.922. The van der Waals surface area contributed by atoms with Crippen molar-refractivity contribution in [3.8, 4) is 0 Å². The lowest BCUT2D eigenvalue weighted by Gasteiger charge is -2.33. The van der Waals surface area contributed by atoms with E-state index in [0.717, 1.165) is 0 Å². The van der Waals surface area contributed by atoms with Gasteiger partial charge in [-0.2, -0.15) is 0 Å². The van der Waals surface area contributed by atoms with Crippen LogP contribution in [0.5, 0.6) is 0 Å². The van der Waals surface area contributed by atoms with Crippen LogP contribution in [-0.2, 0) is 9.84 Å². The lowest BCUT2D eigenvalue weighted by atomic mass is 10.0. The summed E-state index contributed by atoms with van der Waals surface area (Å²) < 4.78 is 22.7. The molecule has 1 heterocycles. The lowest BCUT2D eigenvalue weighted by Crippen LogP contribution is -2.45. The lowest BCUT2D eigenvalue weighted by molar-refractivity contribution is 0.0864. The Kier molecular flexibility index (Phi) is 4.14. The van der Waals surface area contributed by atoms with Crippen LogP contribution >= 0.6 is 0 Å². The molecule has 0 bridgehead atoms. The molecule has 0 radical (unpaired) electrons. The first-order valence-electron chi connectivity index (χ1n) is 5.40. The normalized spacial score (nSPS) is 27.5. The summed E-state index contributed by atoms with van der Waals surface area (Å²) >= 11 is 0. The third-order valence-corrected chi connectivity index (χ3v) is 5.01. The van der Waals surface area contributed by atoms with E-state index in [1.54, 1.807) is 0 Å². The predicted molar refractivity (Wildman–Crippen MR) is 60.5 cm³/mol. The van der Waals surface area contributed by atoms with Gasteiger partial charge in [0.1, 0.15) is 0 Å². The molecule has 0 amide bonds. The third-order valence-electron chi connectivity index (χ3n) is 3.26. The highest BCUT2D eigenvalue weighted by Gasteiger charge is 2.34. The summed E-state index contributed by atoms with van der Waals surface area (Å²) in [5, 5.41) is 9.27. The topological polar surface area (TPSA) is 57.6 Å². The van der Waals surface area contributed by atoms with Gasteiger partial charge in [0.05, 0.1) is 18.1 Å². The summed E-state index contributed by atoms with van der Waals surface area (Å²) in [4.78, 5) is 2.02. The fourth-order valence-electron chi connectivity index (χ4n) is 2.18. The van der Waals surface area contributed by atoms with Crippen LogP contribution in [0.15, 0.2) is 0 Å². The van der Waals surface area contributed by atoms with Gasteiger partial charge in [0.15, 0.2) is 9.84 Å². The van der Waals surface area contributed by atoms with E-state index < -0.39 is 9.84 Å². The molecular weight excluding hydrogens is 214 g/mol. The summed E-state index contributed by atoms with van der Waals surface area (Å²) in [6.07, 6.45) is 0.696. The molecule has 1 fully saturated rings. The number of nitrogens with zero attached hydrogens (tertiary/aromatic N) is 1. The van der Waals surface area contributed by atoms with E-state index in [-0.39, 0.29) is 30.2 Å². The summed E-state index contributed by atoms with van der Waals surface area (Å²) in [5.74, 6) is 0.869. The Morgan fingerprint density at radius 2 is 2.07 bits per heavy atom. The van der Waals surface area contributed by atoms with E-state index in [0.29, 0.717) is 12.3 Å². The first-order chi connectivity index (χ1) is 6.87. The summed E-state index contributed by atoms with van der Waals surface area (Å²) in [5.41, 5.74) is 0. The average molecular weight is 235 g/mol. The van der Waals surface area contributed by atoms with Crippen LogP contribution in [0.2, 0.25) is 0 Å². The van der Waals surface area contributed by atoms with Crippen molar-refractivity contribution in [3.05, 3.63) is 0 Å². The number of rotatable bonds is 4. The molecule has 15 heavy (non-hydrogen) atoms. The van der Waals surface area contributed by atoms with Crippen LogP contribution in [0.1, 0.15) is 20.3 Å². The molecule has 5 heteroatoms. The maximum absolute atomic E-state index is 11.3. The molecule has 1 saturated heterocycles. The average Bonchev–Trinajstić information content (AvgIpc) is 2.46. The maximum atomic E-state index is 11.3. The van der Waals surface area contributed by atoms with E-state index in [1.165, 1.54) is 0 Å². The van der Waals surface area contributed by atoms with Gasteiger partial charge in [-0.3, -0.25) is 4.90 Å². The van der Waals surface area contributed by atoms with Crippen LogP contribution in [0, 0.1) is 5.92 Å². The van der Waals surface area contributed by atoms with Crippen molar-refractivity contribution >= 4 is 9.84 Å². The molecule has 1 aliphatic rings. The maximum Gasteiger partial charge on any atom is 0.151 e. The van der Waals surface area contributed by atoms with Crippen LogP contribution in [0.3, 0.4) is 0 Å². The van der Waals surface area contributed by atoms with Crippen molar-refractivity contribution in [2.45, 2.75) is 32.4 Å². The fraction of sp³-hybridized carbons (Fsp3) is 1.00. The van der Waals surface area contributed by atoms with Crippen molar-refractivity contribution < 1.29 is 13.5 Å². The van der Waals surface area contributed by atoms with Gasteiger partial charge >= 0.3 is 0 Å². The molecule has 2 unspecified atom stereocenters. The molecule has 90 valence electrons. The van der Waals surface area contributed by atoms with Crippen LogP contribution in [0.4, 0.5) is 0 Å².